The lowest BCUT2D eigenvalue weighted by Gasteiger charge is -2.19. The minimum absolute atomic E-state index is 0.415. The summed E-state index contributed by atoms with van der Waals surface area (Å²) in [6.07, 6.45) is -0.657. The molecule has 1 atom stereocenters. The molecule has 0 aromatic heterocycles. The van der Waals surface area contributed by atoms with E-state index in [9.17, 15) is 4.79 Å². The quantitative estimate of drug-likeness (QED) is 0.657. The smallest absolute Gasteiger partial charge is 0.248 e. The molecule has 0 spiro atoms. The Bertz CT molecular complexity index is 644. The predicted octanol–water partition coefficient (Wildman–Crippen LogP) is 2.75. The molecule has 21 heavy (non-hydrogen) atoms. The highest BCUT2D eigenvalue weighted by molar-refractivity contribution is 6.30. The predicted molar refractivity (Wildman–Crippen MR) is 81.2 cm³/mol. The fourth-order valence-corrected chi connectivity index (χ4v) is 1.98. The van der Waals surface area contributed by atoms with Crippen molar-refractivity contribution >= 4 is 23.2 Å². The number of primary amides is 1. The molecule has 0 heterocycles. The highest BCUT2D eigenvalue weighted by Crippen LogP contribution is 2.30. The van der Waals surface area contributed by atoms with Crippen LogP contribution in [0.15, 0.2) is 42.5 Å². The van der Waals surface area contributed by atoms with Gasteiger partial charge in [-0.25, -0.2) is 0 Å². The Labute approximate surface area is 127 Å². The summed E-state index contributed by atoms with van der Waals surface area (Å²) >= 11 is 5.84. The van der Waals surface area contributed by atoms with Crippen LogP contribution in [0.4, 0.5) is 5.69 Å². The maximum atomic E-state index is 11.0. The molecule has 0 aliphatic carbocycles. The molecule has 1 unspecified atom stereocenters. The zero-order valence-corrected chi connectivity index (χ0v) is 12.1. The van der Waals surface area contributed by atoms with Crippen LogP contribution in [0.1, 0.15) is 22.2 Å². The second kappa shape index (κ2) is 6.47. The highest BCUT2D eigenvalue weighted by Gasteiger charge is 2.14. The van der Waals surface area contributed by atoms with Crippen molar-refractivity contribution in [1.29, 1.82) is 0 Å². The number of hydrogen-bond donors (Lipinski definition) is 2. The number of benzene rings is 2. The van der Waals surface area contributed by atoms with Crippen LogP contribution in [0.2, 0.25) is 5.02 Å². The first-order valence-corrected chi connectivity index (χ1v) is 6.53. The molecule has 2 aromatic carbocycles. The minimum atomic E-state index is -0.657. The van der Waals surface area contributed by atoms with Gasteiger partial charge in [-0.1, -0.05) is 23.7 Å². The van der Waals surface area contributed by atoms with Crippen LogP contribution < -0.4 is 16.2 Å². The van der Waals surface area contributed by atoms with Gasteiger partial charge in [0.15, 0.2) is 0 Å². The topological polar surface area (TPSA) is 87.6 Å². The lowest BCUT2D eigenvalue weighted by atomic mass is 10.1. The highest BCUT2D eigenvalue weighted by atomic mass is 35.5. The molecule has 0 bridgehead atoms. The average Bonchev–Trinajstić information content (AvgIpc) is 2.47. The summed E-state index contributed by atoms with van der Waals surface area (Å²) in [5.41, 5.74) is 12.6. The lowest BCUT2D eigenvalue weighted by molar-refractivity contribution is -0.0557. The largest absolute Gasteiger partial charge is 0.458 e. The van der Waals surface area contributed by atoms with Crippen molar-refractivity contribution < 1.29 is 14.3 Å². The maximum Gasteiger partial charge on any atom is 0.248 e. The molecule has 0 saturated carbocycles. The Morgan fingerprint density at radius 3 is 2.38 bits per heavy atom. The number of carbonyl (C=O) groups is 1. The van der Waals surface area contributed by atoms with E-state index >= 15 is 0 Å². The number of nitrogen functional groups attached to an aromatic ring is 1. The summed E-state index contributed by atoms with van der Waals surface area (Å²) in [5, 5.41) is 0.527. The Morgan fingerprint density at radius 1 is 1.19 bits per heavy atom. The second-order valence-electron chi connectivity index (χ2n) is 4.35. The van der Waals surface area contributed by atoms with Crippen molar-refractivity contribution in [2.24, 2.45) is 5.73 Å². The molecular weight excluding hydrogens is 292 g/mol. The molecule has 0 aliphatic rings. The molecule has 1 amide bonds. The van der Waals surface area contributed by atoms with E-state index in [1.54, 1.807) is 42.5 Å². The number of anilines is 1. The van der Waals surface area contributed by atoms with Crippen LogP contribution in [-0.4, -0.2) is 13.0 Å². The SMILES string of the molecule is COC(Oc1ccc(Cl)cc1N)c1ccc(C(N)=O)cc1. The van der Waals surface area contributed by atoms with Crippen molar-refractivity contribution in [2.45, 2.75) is 6.29 Å². The van der Waals surface area contributed by atoms with Crippen molar-refractivity contribution in [3.63, 3.8) is 0 Å². The molecular formula is C15H15ClN2O3. The Balaban J connectivity index is 2.21. The average molecular weight is 307 g/mol. The number of halogens is 1. The third-order valence-corrected chi connectivity index (χ3v) is 3.12. The Kier molecular flexibility index (Phi) is 4.67. The molecule has 0 fully saturated rings. The van der Waals surface area contributed by atoms with Gasteiger partial charge in [0.25, 0.3) is 0 Å². The number of hydrogen-bond acceptors (Lipinski definition) is 4. The van der Waals surface area contributed by atoms with E-state index in [-0.39, 0.29) is 0 Å². The van der Waals surface area contributed by atoms with E-state index in [2.05, 4.69) is 0 Å². The van der Waals surface area contributed by atoms with Crippen LogP contribution in [-0.2, 0) is 4.74 Å². The summed E-state index contributed by atoms with van der Waals surface area (Å²) in [5.74, 6) is -0.0244. The summed E-state index contributed by atoms with van der Waals surface area (Å²) in [6.45, 7) is 0. The van der Waals surface area contributed by atoms with Crippen LogP contribution >= 0.6 is 11.6 Å². The van der Waals surface area contributed by atoms with E-state index in [0.29, 0.717) is 22.0 Å². The Morgan fingerprint density at radius 2 is 1.86 bits per heavy atom. The van der Waals surface area contributed by atoms with Gasteiger partial charge >= 0.3 is 0 Å². The summed E-state index contributed by atoms with van der Waals surface area (Å²) in [4.78, 5) is 11.0. The molecule has 0 saturated heterocycles. The first kappa shape index (κ1) is 15.2. The third-order valence-electron chi connectivity index (χ3n) is 2.89. The molecule has 0 aliphatic heterocycles. The first-order chi connectivity index (χ1) is 10.0. The van der Waals surface area contributed by atoms with Gasteiger partial charge in [0.05, 0.1) is 5.69 Å². The van der Waals surface area contributed by atoms with Crippen LogP contribution in [0.5, 0.6) is 5.75 Å². The van der Waals surface area contributed by atoms with Crippen LogP contribution in [0.25, 0.3) is 0 Å². The standard InChI is InChI=1S/C15H15ClN2O3/c1-20-15(10-4-2-9(3-5-10)14(18)19)21-13-7-6-11(16)8-12(13)17/h2-8,15H,17H2,1H3,(H2,18,19). The lowest BCUT2D eigenvalue weighted by Crippen LogP contribution is -2.13. The van der Waals surface area contributed by atoms with Crippen molar-refractivity contribution in [3.8, 4) is 5.75 Å². The van der Waals surface area contributed by atoms with Gasteiger partial charge in [-0.2, -0.15) is 0 Å². The normalized spacial score (nSPS) is 11.9. The number of methoxy groups -OCH3 is 1. The number of amides is 1. The fraction of sp³-hybridized carbons (Fsp3) is 0.133. The zero-order valence-electron chi connectivity index (χ0n) is 11.4. The molecule has 110 valence electrons. The molecule has 2 aromatic rings. The Hall–Kier alpha value is -2.24. The summed E-state index contributed by atoms with van der Waals surface area (Å²) in [6, 6.07) is 11.6. The number of carbonyl (C=O) groups excluding carboxylic acids is 1. The van der Waals surface area contributed by atoms with E-state index in [0.717, 1.165) is 5.56 Å². The van der Waals surface area contributed by atoms with E-state index in [4.69, 9.17) is 32.5 Å². The van der Waals surface area contributed by atoms with E-state index in [1.165, 1.54) is 7.11 Å². The molecule has 4 N–H and O–H groups in total. The van der Waals surface area contributed by atoms with Gasteiger partial charge in [-0.15, -0.1) is 0 Å². The number of ether oxygens (including phenoxy) is 2. The van der Waals surface area contributed by atoms with Gasteiger partial charge in [-0.3, -0.25) is 4.79 Å². The van der Waals surface area contributed by atoms with Crippen molar-refractivity contribution in [2.75, 3.05) is 12.8 Å². The second-order valence-corrected chi connectivity index (χ2v) is 4.79. The third kappa shape index (κ3) is 3.65. The summed E-state index contributed by atoms with van der Waals surface area (Å²) in [7, 11) is 1.51. The first-order valence-electron chi connectivity index (χ1n) is 6.15. The molecule has 0 radical (unpaired) electrons. The van der Waals surface area contributed by atoms with Gasteiger partial charge in [0.1, 0.15) is 5.75 Å². The van der Waals surface area contributed by atoms with Gasteiger partial charge in [-0.05, 0) is 30.3 Å². The van der Waals surface area contributed by atoms with Crippen molar-refractivity contribution in [3.05, 3.63) is 58.6 Å². The number of rotatable bonds is 5. The number of nitrogens with two attached hydrogens (primary N) is 2. The molecule has 2 rings (SSSR count). The zero-order chi connectivity index (χ0) is 15.4. The summed E-state index contributed by atoms with van der Waals surface area (Å²) < 4.78 is 11.0. The van der Waals surface area contributed by atoms with Crippen molar-refractivity contribution in [1.82, 2.24) is 0 Å². The maximum absolute atomic E-state index is 11.0. The van der Waals surface area contributed by atoms with Gasteiger partial charge < -0.3 is 20.9 Å². The van der Waals surface area contributed by atoms with Gasteiger partial charge in [0, 0.05) is 23.3 Å². The van der Waals surface area contributed by atoms with Crippen LogP contribution in [0.3, 0.4) is 0 Å². The van der Waals surface area contributed by atoms with Crippen LogP contribution in [0, 0.1) is 0 Å². The van der Waals surface area contributed by atoms with E-state index in [1.807, 2.05) is 0 Å². The molecule has 5 nitrogen and oxygen atoms in total. The van der Waals surface area contributed by atoms with Gasteiger partial charge in [0.2, 0.25) is 12.2 Å². The van der Waals surface area contributed by atoms with E-state index < -0.39 is 12.2 Å². The minimum Gasteiger partial charge on any atom is -0.458 e. The fourth-order valence-electron chi connectivity index (χ4n) is 1.80. The molecule has 6 heteroatoms. The monoisotopic (exact) mass is 306 g/mol.